The molecule has 0 aromatic rings. The van der Waals surface area contributed by atoms with Crippen LogP contribution in [0.5, 0.6) is 0 Å². The molecule has 0 heterocycles. The van der Waals surface area contributed by atoms with Crippen molar-refractivity contribution in [2.24, 2.45) is 11.8 Å². The Hall–Kier alpha value is -1.59. The normalized spacial score (nSPS) is 12.8. The Morgan fingerprint density at radius 2 is 0.493 bits per heavy atom. The lowest BCUT2D eigenvalue weighted by atomic mass is 9.99. The van der Waals surface area contributed by atoms with E-state index >= 15 is 0 Å². The Morgan fingerprint density at radius 3 is 0.732 bits per heavy atom. The Kier molecular flexibility index (Phi) is 56.4. The number of hydrogen-bond acceptors (Lipinski definition) is 6. The van der Waals surface area contributed by atoms with Crippen LogP contribution in [-0.4, -0.2) is 37.2 Å². The molecule has 0 aliphatic heterocycles. The van der Waals surface area contributed by atoms with E-state index in [2.05, 4.69) is 34.6 Å². The van der Waals surface area contributed by atoms with Crippen molar-refractivity contribution in [2.45, 2.75) is 375 Å². The van der Waals surface area contributed by atoms with Gasteiger partial charge in [-0.15, -0.1) is 0 Å². The number of carbonyl (C=O) groups is 3. The molecule has 0 fully saturated rings. The van der Waals surface area contributed by atoms with Gasteiger partial charge in [0.15, 0.2) is 6.10 Å². The van der Waals surface area contributed by atoms with E-state index in [1.807, 2.05) is 0 Å². The summed E-state index contributed by atoms with van der Waals surface area (Å²) in [5.41, 5.74) is 0. The van der Waals surface area contributed by atoms with Crippen molar-refractivity contribution in [3.8, 4) is 0 Å². The molecule has 0 spiro atoms. The monoisotopic (exact) mass is 1000 g/mol. The lowest BCUT2D eigenvalue weighted by Crippen LogP contribution is -2.30. The Balaban J connectivity index is 4.26. The maximum Gasteiger partial charge on any atom is 0.306 e. The summed E-state index contributed by atoms with van der Waals surface area (Å²) in [6.45, 7) is 11.5. The van der Waals surface area contributed by atoms with Gasteiger partial charge in [-0.1, -0.05) is 330 Å². The van der Waals surface area contributed by atoms with E-state index in [4.69, 9.17) is 14.2 Å². The van der Waals surface area contributed by atoms with Gasteiger partial charge >= 0.3 is 17.9 Å². The van der Waals surface area contributed by atoms with Crippen molar-refractivity contribution in [2.75, 3.05) is 13.2 Å². The van der Waals surface area contributed by atoms with Crippen molar-refractivity contribution >= 4 is 17.9 Å². The highest BCUT2D eigenvalue weighted by atomic mass is 16.6. The molecule has 6 nitrogen and oxygen atoms in total. The molecule has 2 unspecified atom stereocenters. The highest BCUT2D eigenvalue weighted by Gasteiger charge is 2.19. The zero-order valence-electron chi connectivity index (χ0n) is 48.9. The van der Waals surface area contributed by atoms with Gasteiger partial charge in [0, 0.05) is 19.3 Å². The van der Waals surface area contributed by atoms with Crippen LogP contribution in [0, 0.1) is 11.8 Å². The molecule has 71 heavy (non-hydrogen) atoms. The summed E-state index contributed by atoms with van der Waals surface area (Å²) in [4.78, 5) is 38.3. The minimum atomic E-state index is -0.764. The molecule has 0 aromatic heterocycles. The van der Waals surface area contributed by atoms with Crippen LogP contribution in [0.2, 0.25) is 0 Å². The van der Waals surface area contributed by atoms with Crippen molar-refractivity contribution in [1.82, 2.24) is 0 Å². The van der Waals surface area contributed by atoms with Crippen LogP contribution in [0.25, 0.3) is 0 Å². The van der Waals surface area contributed by atoms with Crippen LogP contribution in [0.15, 0.2) is 0 Å². The molecule has 0 radical (unpaired) electrons. The first-order chi connectivity index (χ1) is 34.8. The van der Waals surface area contributed by atoms with E-state index < -0.39 is 6.10 Å². The molecule has 0 aliphatic carbocycles. The topological polar surface area (TPSA) is 78.9 Å². The molecular weight excluding hydrogens is 877 g/mol. The molecule has 0 saturated carbocycles. The van der Waals surface area contributed by atoms with Gasteiger partial charge in [-0.05, 0) is 31.1 Å². The first-order valence-corrected chi connectivity index (χ1v) is 32.3. The average molecular weight is 1000 g/mol. The van der Waals surface area contributed by atoms with E-state index in [9.17, 15) is 14.4 Å². The number of hydrogen-bond donors (Lipinski definition) is 0. The lowest BCUT2D eigenvalue weighted by molar-refractivity contribution is -0.167. The number of rotatable bonds is 59. The first-order valence-electron chi connectivity index (χ1n) is 32.3. The van der Waals surface area contributed by atoms with Gasteiger partial charge in [0.2, 0.25) is 0 Å². The zero-order valence-corrected chi connectivity index (χ0v) is 48.9. The number of esters is 3. The molecule has 0 bridgehead atoms. The minimum Gasteiger partial charge on any atom is -0.462 e. The molecule has 0 saturated heterocycles. The summed E-state index contributed by atoms with van der Waals surface area (Å²) in [7, 11) is 0. The molecule has 422 valence electrons. The third-order valence-electron chi connectivity index (χ3n) is 15.7. The van der Waals surface area contributed by atoms with Crippen molar-refractivity contribution in [3.63, 3.8) is 0 Å². The maximum absolute atomic E-state index is 12.9. The number of carbonyl (C=O) groups excluding carboxylic acids is 3. The molecular formula is C65H126O6. The first kappa shape index (κ1) is 69.4. The summed E-state index contributed by atoms with van der Waals surface area (Å²) in [6.07, 6.45) is 63.8. The second-order valence-electron chi connectivity index (χ2n) is 22.9. The van der Waals surface area contributed by atoms with Crippen LogP contribution in [0.1, 0.15) is 369 Å². The molecule has 0 amide bonds. The summed E-state index contributed by atoms with van der Waals surface area (Å²) < 4.78 is 17.0. The van der Waals surface area contributed by atoms with Gasteiger partial charge in [-0.25, -0.2) is 0 Å². The van der Waals surface area contributed by atoms with Crippen LogP contribution in [0.3, 0.4) is 0 Å². The minimum absolute atomic E-state index is 0.0620. The Bertz CT molecular complexity index is 1090. The molecule has 0 aliphatic rings. The molecule has 0 rings (SSSR count). The van der Waals surface area contributed by atoms with Gasteiger partial charge in [0.1, 0.15) is 13.2 Å². The van der Waals surface area contributed by atoms with Crippen molar-refractivity contribution < 1.29 is 28.6 Å². The fourth-order valence-corrected chi connectivity index (χ4v) is 10.0. The van der Waals surface area contributed by atoms with Crippen LogP contribution < -0.4 is 0 Å². The van der Waals surface area contributed by atoms with E-state index in [1.165, 1.54) is 257 Å². The van der Waals surface area contributed by atoms with Crippen LogP contribution >= 0.6 is 0 Å². The van der Waals surface area contributed by atoms with E-state index in [0.29, 0.717) is 19.3 Å². The van der Waals surface area contributed by atoms with Crippen LogP contribution in [0.4, 0.5) is 0 Å². The van der Waals surface area contributed by atoms with Gasteiger partial charge in [0.05, 0.1) is 0 Å². The van der Waals surface area contributed by atoms with Crippen LogP contribution in [-0.2, 0) is 28.6 Å². The summed E-state index contributed by atoms with van der Waals surface area (Å²) in [5, 5.41) is 0. The third-order valence-corrected chi connectivity index (χ3v) is 15.7. The predicted molar refractivity (Wildman–Crippen MR) is 307 cm³/mol. The SMILES string of the molecule is CCCCCCCCCCCCCCCCCCCC(=O)O[C@H](COC(=O)CCCCCCCCCCCCCCCCCCCCC(C)CC)COC(=O)CCCCCCCCCCCCC(C)CC. The van der Waals surface area contributed by atoms with E-state index in [1.54, 1.807) is 0 Å². The van der Waals surface area contributed by atoms with Crippen molar-refractivity contribution in [3.05, 3.63) is 0 Å². The highest BCUT2D eigenvalue weighted by molar-refractivity contribution is 5.71. The van der Waals surface area contributed by atoms with Gasteiger partial charge in [-0.2, -0.15) is 0 Å². The van der Waals surface area contributed by atoms with Gasteiger partial charge in [-0.3, -0.25) is 14.4 Å². The number of unbranched alkanes of at least 4 members (excludes halogenated alkanes) is 42. The highest BCUT2D eigenvalue weighted by Crippen LogP contribution is 2.20. The smallest absolute Gasteiger partial charge is 0.306 e. The Morgan fingerprint density at radius 1 is 0.282 bits per heavy atom. The average Bonchev–Trinajstić information content (AvgIpc) is 3.37. The predicted octanol–water partition coefficient (Wildman–Crippen LogP) is 21.6. The fraction of sp³-hybridized carbons (Fsp3) is 0.954. The molecule has 0 N–H and O–H groups in total. The third kappa shape index (κ3) is 56.0. The molecule has 0 aromatic carbocycles. The summed E-state index contributed by atoms with van der Waals surface area (Å²) >= 11 is 0. The number of ether oxygens (including phenoxy) is 3. The maximum atomic E-state index is 12.9. The molecule has 3 atom stereocenters. The van der Waals surface area contributed by atoms with E-state index in [0.717, 1.165) is 69.6 Å². The quantitative estimate of drug-likeness (QED) is 0.0343. The largest absolute Gasteiger partial charge is 0.462 e. The lowest BCUT2D eigenvalue weighted by Gasteiger charge is -2.18. The molecule has 6 heteroatoms. The van der Waals surface area contributed by atoms with E-state index in [-0.39, 0.29) is 31.1 Å². The van der Waals surface area contributed by atoms with Crippen molar-refractivity contribution in [1.29, 1.82) is 0 Å². The Labute approximate surface area is 444 Å². The van der Waals surface area contributed by atoms with Gasteiger partial charge in [0.25, 0.3) is 0 Å². The zero-order chi connectivity index (χ0) is 51.8. The standard InChI is InChI=1S/C65H126O6/c1-6-9-10-11-12-13-14-15-16-19-24-27-30-37-42-47-52-57-65(68)71-62(59-70-64(67)56-51-46-41-36-32-31-34-39-44-49-54-61(5)8-3)58-69-63(66)55-50-45-40-35-29-26-23-21-18-17-20-22-25-28-33-38-43-48-53-60(4)7-2/h60-62H,6-59H2,1-5H3/t60?,61?,62-/m1/s1. The summed E-state index contributed by atoms with van der Waals surface area (Å²) in [5.74, 6) is 0.948. The summed E-state index contributed by atoms with van der Waals surface area (Å²) in [6, 6.07) is 0. The fourth-order valence-electron chi connectivity index (χ4n) is 10.0. The second kappa shape index (κ2) is 57.7. The van der Waals surface area contributed by atoms with Gasteiger partial charge < -0.3 is 14.2 Å². The second-order valence-corrected chi connectivity index (χ2v) is 22.9.